The van der Waals surface area contributed by atoms with E-state index in [2.05, 4.69) is 41.4 Å². The summed E-state index contributed by atoms with van der Waals surface area (Å²) < 4.78 is 0. The molecule has 0 aliphatic carbocycles. The van der Waals surface area contributed by atoms with Gasteiger partial charge in [0.1, 0.15) is 0 Å². The Labute approximate surface area is 190 Å². The number of rotatable bonds is 7. The fourth-order valence-corrected chi connectivity index (χ4v) is 4.20. The fraction of sp³-hybridized carbons (Fsp3) is 0.296. The molecule has 0 saturated carbocycles. The van der Waals surface area contributed by atoms with Crippen LogP contribution in [0, 0.1) is 0 Å². The minimum atomic E-state index is -0.0415. The summed E-state index contributed by atoms with van der Waals surface area (Å²) in [6.45, 7) is 6.23. The molecule has 1 aliphatic rings. The van der Waals surface area contributed by atoms with Gasteiger partial charge in [0, 0.05) is 23.7 Å². The van der Waals surface area contributed by atoms with E-state index in [9.17, 15) is 4.79 Å². The van der Waals surface area contributed by atoms with Gasteiger partial charge in [-0.25, -0.2) is 0 Å². The maximum atomic E-state index is 12.6. The lowest BCUT2D eigenvalue weighted by atomic mass is 9.99. The second-order valence-electron chi connectivity index (χ2n) is 8.42. The minimum absolute atomic E-state index is 0.0415. The van der Waals surface area contributed by atoms with Crippen molar-refractivity contribution in [1.29, 1.82) is 0 Å². The van der Waals surface area contributed by atoms with Crippen molar-refractivity contribution < 1.29 is 4.79 Å². The van der Waals surface area contributed by atoms with Crippen molar-refractivity contribution >= 4 is 17.5 Å². The van der Waals surface area contributed by atoms with Crippen LogP contribution in [-0.2, 0) is 6.54 Å². The molecule has 160 valence electrons. The molecule has 4 heteroatoms. The van der Waals surface area contributed by atoms with Gasteiger partial charge in [0.2, 0.25) is 0 Å². The van der Waals surface area contributed by atoms with E-state index < -0.39 is 0 Å². The highest BCUT2D eigenvalue weighted by Crippen LogP contribution is 2.22. The second-order valence-corrected chi connectivity index (χ2v) is 8.86. The lowest BCUT2D eigenvalue weighted by Crippen LogP contribution is -2.27. The first-order valence-electron chi connectivity index (χ1n) is 11.0. The minimum Gasteiger partial charge on any atom is -0.351 e. The van der Waals surface area contributed by atoms with E-state index in [0.29, 0.717) is 12.1 Å². The van der Waals surface area contributed by atoms with Crippen LogP contribution in [0.15, 0.2) is 72.8 Å². The van der Waals surface area contributed by atoms with E-state index in [-0.39, 0.29) is 11.8 Å². The second kappa shape index (κ2) is 10.1. The maximum Gasteiger partial charge on any atom is 0.251 e. The Kier molecular flexibility index (Phi) is 7.06. The van der Waals surface area contributed by atoms with Gasteiger partial charge in [-0.1, -0.05) is 67.1 Å². The number of hydrogen-bond donors (Lipinski definition) is 1. The number of likely N-dealkylation sites (tertiary alicyclic amines) is 1. The van der Waals surface area contributed by atoms with E-state index >= 15 is 0 Å². The van der Waals surface area contributed by atoms with Crippen LogP contribution >= 0.6 is 11.6 Å². The average molecular weight is 433 g/mol. The zero-order valence-corrected chi connectivity index (χ0v) is 18.7. The van der Waals surface area contributed by atoms with Crippen LogP contribution in [0.4, 0.5) is 0 Å². The Balaban J connectivity index is 1.30. The third-order valence-corrected chi connectivity index (χ3v) is 6.30. The molecule has 1 heterocycles. The molecule has 0 radical (unpaired) electrons. The highest BCUT2D eigenvalue weighted by atomic mass is 35.5. The quantitative estimate of drug-likeness (QED) is 0.486. The Bertz CT molecular complexity index is 991. The highest BCUT2D eigenvalue weighted by molar-refractivity contribution is 6.30. The molecule has 0 bridgehead atoms. The first kappa shape index (κ1) is 21.6. The standard InChI is InChI=1S/C27H29ClN2O/c1-20(22-6-4-21(5-7-22)19-30-16-2-3-17-30)18-29-27(31)25-10-8-23(9-11-25)24-12-14-26(28)15-13-24/h4-15,20H,2-3,16-19H2,1H3,(H,29,31). The van der Waals surface area contributed by atoms with Gasteiger partial charge in [0.15, 0.2) is 0 Å². The third kappa shape index (κ3) is 5.75. The molecule has 0 aromatic heterocycles. The first-order valence-corrected chi connectivity index (χ1v) is 11.4. The lowest BCUT2D eigenvalue weighted by molar-refractivity contribution is 0.0951. The summed E-state index contributed by atoms with van der Waals surface area (Å²) in [5.74, 6) is 0.221. The van der Waals surface area contributed by atoms with Crippen LogP contribution in [0.2, 0.25) is 5.02 Å². The summed E-state index contributed by atoms with van der Waals surface area (Å²) in [4.78, 5) is 15.1. The molecule has 4 rings (SSSR count). The van der Waals surface area contributed by atoms with Gasteiger partial charge >= 0.3 is 0 Å². The fourth-order valence-electron chi connectivity index (χ4n) is 4.07. The molecule has 1 unspecified atom stereocenters. The molecule has 1 fully saturated rings. The monoisotopic (exact) mass is 432 g/mol. The number of hydrogen-bond acceptors (Lipinski definition) is 2. The van der Waals surface area contributed by atoms with Crippen molar-refractivity contribution in [3.05, 3.63) is 94.5 Å². The number of halogens is 1. The molecule has 1 amide bonds. The molecule has 1 aliphatic heterocycles. The van der Waals surface area contributed by atoms with Crippen LogP contribution in [-0.4, -0.2) is 30.4 Å². The molecule has 0 spiro atoms. The summed E-state index contributed by atoms with van der Waals surface area (Å²) in [5.41, 5.74) is 5.44. The topological polar surface area (TPSA) is 32.3 Å². The van der Waals surface area contributed by atoms with Gasteiger partial charge in [-0.3, -0.25) is 9.69 Å². The maximum absolute atomic E-state index is 12.6. The first-order chi connectivity index (χ1) is 15.1. The van der Waals surface area contributed by atoms with Gasteiger partial charge in [-0.2, -0.15) is 0 Å². The summed E-state index contributed by atoms with van der Waals surface area (Å²) in [6.07, 6.45) is 2.64. The molecule has 1 N–H and O–H groups in total. The van der Waals surface area contributed by atoms with Crippen molar-refractivity contribution in [3.63, 3.8) is 0 Å². The summed E-state index contributed by atoms with van der Waals surface area (Å²) in [7, 11) is 0. The van der Waals surface area contributed by atoms with Gasteiger partial charge in [-0.05, 0) is 78.4 Å². The van der Waals surface area contributed by atoms with Crippen molar-refractivity contribution in [2.24, 2.45) is 0 Å². The molecule has 31 heavy (non-hydrogen) atoms. The van der Waals surface area contributed by atoms with Crippen molar-refractivity contribution in [2.45, 2.75) is 32.2 Å². The molecule has 3 nitrogen and oxygen atoms in total. The van der Waals surface area contributed by atoms with Gasteiger partial charge in [-0.15, -0.1) is 0 Å². The Morgan fingerprint density at radius 3 is 2.10 bits per heavy atom. The predicted octanol–water partition coefficient (Wildman–Crippen LogP) is 6.14. The predicted molar refractivity (Wildman–Crippen MR) is 129 cm³/mol. The SMILES string of the molecule is CC(CNC(=O)c1ccc(-c2ccc(Cl)cc2)cc1)c1ccc(CN2CCCC2)cc1. The number of carbonyl (C=O) groups is 1. The number of carbonyl (C=O) groups excluding carboxylic acids is 1. The summed E-state index contributed by atoms with van der Waals surface area (Å²) in [6, 6.07) is 24.2. The van der Waals surface area contributed by atoms with Crippen LogP contribution in [0.25, 0.3) is 11.1 Å². The smallest absolute Gasteiger partial charge is 0.251 e. The molecule has 1 atom stereocenters. The van der Waals surface area contributed by atoms with Crippen LogP contribution in [0.5, 0.6) is 0 Å². The number of benzene rings is 3. The van der Waals surface area contributed by atoms with Crippen LogP contribution < -0.4 is 5.32 Å². The van der Waals surface area contributed by atoms with E-state index in [1.54, 1.807) is 0 Å². The van der Waals surface area contributed by atoms with E-state index in [1.807, 2.05) is 48.5 Å². The van der Waals surface area contributed by atoms with Gasteiger partial charge in [0.25, 0.3) is 5.91 Å². The number of amides is 1. The molecule has 3 aromatic carbocycles. The lowest BCUT2D eigenvalue weighted by Gasteiger charge is -2.17. The van der Waals surface area contributed by atoms with Crippen molar-refractivity contribution in [2.75, 3.05) is 19.6 Å². The summed E-state index contributed by atoms with van der Waals surface area (Å²) in [5, 5.41) is 3.79. The van der Waals surface area contributed by atoms with Gasteiger partial charge in [0.05, 0.1) is 0 Å². The Morgan fingerprint density at radius 1 is 0.903 bits per heavy atom. The normalized spacial score (nSPS) is 15.0. The Morgan fingerprint density at radius 2 is 1.48 bits per heavy atom. The molecular weight excluding hydrogens is 404 g/mol. The van der Waals surface area contributed by atoms with E-state index in [4.69, 9.17) is 11.6 Å². The number of nitrogens with one attached hydrogen (secondary N) is 1. The molecule has 1 saturated heterocycles. The number of nitrogens with zero attached hydrogens (tertiary/aromatic N) is 1. The molecule has 3 aromatic rings. The Hall–Kier alpha value is -2.62. The largest absolute Gasteiger partial charge is 0.351 e. The molecular formula is C27H29ClN2O. The zero-order valence-electron chi connectivity index (χ0n) is 18.0. The van der Waals surface area contributed by atoms with Gasteiger partial charge < -0.3 is 5.32 Å². The van der Waals surface area contributed by atoms with Crippen molar-refractivity contribution in [3.8, 4) is 11.1 Å². The zero-order chi connectivity index (χ0) is 21.6. The van der Waals surface area contributed by atoms with Crippen molar-refractivity contribution in [1.82, 2.24) is 10.2 Å². The average Bonchev–Trinajstić information content (AvgIpc) is 3.31. The highest BCUT2D eigenvalue weighted by Gasteiger charge is 2.13. The van der Waals surface area contributed by atoms with E-state index in [1.165, 1.54) is 37.1 Å². The summed E-state index contributed by atoms with van der Waals surface area (Å²) >= 11 is 5.96. The third-order valence-electron chi connectivity index (χ3n) is 6.05. The van der Waals surface area contributed by atoms with Crippen LogP contribution in [0.1, 0.15) is 47.2 Å². The van der Waals surface area contributed by atoms with E-state index in [0.717, 1.165) is 22.7 Å². The van der Waals surface area contributed by atoms with Crippen LogP contribution in [0.3, 0.4) is 0 Å².